The maximum absolute atomic E-state index is 13.0. The first-order chi connectivity index (χ1) is 17.5. The predicted molar refractivity (Wildman–Crippen MR) is 146 cm³/mol. The van der Waals surface area contributed by atoms with Crippen LogP contribution in [0.2, 0.25) is 0 Å². The topological polar surface area (TPSA) is 65.4 Å². The summed E-state index contributed by atoms with van der Waals surface area (Å²) in [5.41, 5.74) is 5.68. The lowest BCUT2D eigenvalue weighted by Gasteiger charge is -2.13. The van der Waals surface area contributed by atoms with Crippen molar-refractivity contribution >= 4 is 17.2 Å². The average molecular weight is 504 g/mol. The van der Waals surface area contributed by atoms with Crippen LogP contribution in [0.5, 0.6) is 11.5 Å². The molecule has 0 fully saturated rings. The Hall–Kier alpha value is -3.58. The Balaban J connectivity index is 1.66. The molecule has 2 heterocycles. The molecule has 0 radical (unpaired) electrons. The normalized spacial score (nSPS) is 10.9. The van der Waals surface area contributed by atoms with Crippen LogP contribution in [0.1, 0.15) is 41.4 Å². The second-order valence-electron chi connectivity index (χ2n) is 8.63. The molecule has 1 N–H and O–H groups in total. The van der Waals surface area contributed by atoms with Crippen molar-refractivity contribution in [1.82, 2.24) is 14.9 Å². The average Bonchev–Trinajstić information content (AvgIpc) is 3.52. The quantitative estimate of drug-likeness (QED) is 0.241. The molecule has 0 spiro atoms. The zero-order valence-electron chi connectivity index (χ0n) is 21.3. The van der Waals surface area contributed by atoms with Crippen LogP contribution in [-0.4, -0.2) is 36.2 Å². The van der Waals surface area contributed by atoms with E-state index >= 15 is 0 Å². The zero-order valence-corrected chi connectivity index (χ0v) is 22.2. The number of rotatable bonds is 11. The van der Waals surface area contributed by atoms with Gasteiger partial charge >= 0.3 is 0 Å². The minimum atomic E-state index is -0.0365. The minimum absolute atomic E-state index is 0.0365. The molecule has 0 aliphatic carbocycles. The fraction of sp³-hybridized carbons (Fsp3) is 0.310. The summed E-state index contributed by atoms with van der Waals surface area (Å²) in [4.78, 5) is 18.0. The van der Waals surface area contributed by atoms with E-state index < -0.39 is 0 Å². The fourth-order valence-electron chi connectivity index (χ4n) is 4.23. The van der Waals surface area contributed by atoms with Crippen LogP contribution in [0, 0.1) is 6.92 Å². The number of hydrogen-bond donors (Lipinski definition) is 1. The van der Waals surface area contributed by atoms with E-state index in [4.69, 9.17) is 14.5 Å². The highest BCUT2D eigenvalue weighted by Crippen LogP contribution is 2.32. The largest absolute Gasteiger partial charge is 0.493 e. The molecule has 36 heavy (non-hydrogen) atoms. The number of benzene rings is 2. The third kappa shape index (κ3) is 5.62. The lowest BCUT2D eigenvalue weighted by molar-refractivity contribution is 0.0952. The molecular weight excluding hydrogens is 470 g/mol. The zero-order chi connectivity index (χ0) is 25.5. The van der Waals surface area contributed by atoms with Crippen molar-refractivity contribution in [2.24, 2.45) is 0 Å². The van der Waals surface area contributed by atoms with E-state index in [-0.39, 0.29) is 5.91 Å². The second kappa shape index (κ2) is 11.9. The molecule has 0 aliphatic rings. The van der Waals surface area contributed by atoms with Crippen molar-refractivity contribution < 1.29 is 14.3 Å². The summed E-state index contributed by atoms with van der Waals surface area (Å²) in [7, 11) is 3.28. The molecule has 0 atom stereocenters. The first kappa shape index (κ1) is 25.5. The minimum Gasteiger partial charge on any atom is -0.493 e. The standard InChI is InChI=1S/C29H33N3O3S/c1-5-6-15-30-28(33)23-18-25(24-19-36-29(31-24)22-10-8-7-9-11-22)32(20(23)2)16-14-21-12-13-26(34-3)27(17-21)35-4/h7-13,17-19H,5-6,14-16H2,1-4H3,(H,30,33). The van der Waals surface area contributed by atoms with Crippen LogP contribution in [0.25, 0.3) is 22.0 Å². The maximum Gasteiger partial charge on any atom is 0.253 e. The van der Waals surface area contributed by atoms with Crippen molar-refractivity contribution in [3.05, 3.63) is 76.8 Å². The van der Waals surface area contributed by atoms with E-state index in [1.807, 2.05) is 43.3 Å². The highest BCUT2D eigenvalue weighted by atomic mass is 32.1. The van der Waals surface area contributed by atoms with Gasteiger partial charge < -0.3 is 19.4 Å². The number of aromatic nitrogens is 2. The number of hydrogen-bond acceptors (Lipinski definition) is 5. The first-order valence-corrected chi connectivity index (χ1v) is 13.1. The summed E-state index contributed by atoms with van der Waals surface area (Å²) in [5.74, 6) is 1.38. The third-order valence-corrected chi connectivity index (χ3v) is 7.18. The van der Waals surface area contributed by atoms with Crippen LogP contribution in [-0.2, 0) is 13.0 Å². The molecule has 0 saturated carbocycles. The van der Waals surface area contributed by atoms with Crippen molar-refractivity contribution in [2.75, 3.05) is 20.8 Å². The van der Waals surface area contributed by atoms with Crippen molar-refractivity contribution in [3.63, 3.8) is 0 Å². The SMILES string of the molecule is CCCCNC(=O)c1cc(-c2csc(-c3ccccc3)n2)n(CCc2ccc(OC)c(OC)c2)c1C. The fourth-order valence-corrected chi connectivity index (χ4v) is 5.05. The molecule has 0 aliphatic heterocycles. The van der Waals surface area contributed by atoms with E-state index in [1.165, 1.54) is 0 Å². The van der Waals surface area contributed by atoms with Gasteiger partial charge in [0.05, 0.1) is 31.2 Å². The van der Waals surface area contributed by atoms with Gasteiger partial charge in [0.25, 0.3) is 5.91 Å². The van der Waals surface area contributed by atoms with Crippen LogP contribution in [0.15, 0.2) is 60.0 Å². The summed E-state index contributed by atoms with van der Waals surface area (Å²) in [6.45, 7) is 5.51. The molecule has 1 amide bonds. The molecule has 4 aromatic rings. The molecule has 188 valence electrons. The number of amides is 1. The number of carbonyl (C=O) groups excluding carboxylic acids is 1. The molecule has 0 unspecified atom stereocenters. The molecule has 4 rings (SSSR count). The first-order valence-electron chi connectivity index (χ1n) is 12.3. The molecule has 7 heteroatoms. The number of nitrogens with one attached hydrogen (secondary N) is 1. The van der Waals surface area contributed by atoms with Gasteiger partial charge in [-0.05, 0) is 43.5 Å². The Bertz CT molecular complexity index is 1310. The number of methoxy groups -OCH3 is 2. The predicted octanol–water partition coefficient (Wildman–Crippen LogP) is 6.38. The highest BCUT2D eigenvalue weighted by molar-refractivity contribution is 7.13. The van der Waals surface area contributed by atoms with E-state index in [0.717, 1.165) is 52.5 Å². The lowest BCUT2D eigenvalue weighted by Crippen LogP contribution is -2.24. The third-order valence-electron chi connectivity index (χ3n) is 6.29. The van der Waals surface area contributed by atoms with Crippen molar-refractivity contribution in [2.45, 2.75) is 39.7 Å². The number of unbranched alkanes of at least 4 members (excludes halogenated alkanes) is 1. The van der Waals surface area contributed by atoms with Crippen molar-refractivity contribution in [3.8, 4) is 33.5 Å². The molecule has 6 nitrogen and oxygen atoms in total. The summed E-state index contributed by atoms with van der Waals surface area (Å²) in [6.07, 6.45) is 2.78. The maximum atomic E-state index is 13.0. The van der Waals surface area contributed by atoms with Gasteiger partial charge in [-0.2, -0.15) is 0 Å². The Kier molecular flexibility index (Phi) is 8.44. The van der Waals surface area contributed by atoms with Gasteiger partial charge in [0, 0.05) is 29.7 Å². The summed E-state index contributed by atoms with van der Waals surface area (Å²) in [5, 5.41) is 6.10. The van der Waals surface area contributed by atoms with Gasteiger partial charge in [-0.15, -0.1) is 11.3 Å². The van der Waals surface area contributed by atoms with Gasteiger partial charge in [0.2, 0.25) is 0 Å². The van der Waals surface area contributed by atoms with Crippen LogP contribution < -0.4 is 14.8 Å². The monoisotopic (exact) mass is 503 g/mol. The highest BCUT2D eigenvalue weighted by Gasteiger charge is 2.20. The molecule has 0 saturated heterocycles. The van der Waals surface area contributed by atoms with E-state index in [0.29, 0.717) is 30.2 Å². The van der Waals surface area contributed by atoms with Crippen LogP contribution in [0.4, 0.5) is 0 Å². The Morgan fingerprint density at radius 1 is 1.06 bits per heavy atom. The summed E-state index contributed by atoms with van der Waals surface area (Å²) < 4.78 is 13.1. The van der Waals surface area contributed by atoms with Gasteiger partial charge in [-0.1, -0.05) is 49.7 Å². The molecule has 2 aromatic carbocycles. The molecule has 0 bridgehead atoms. The van der Waals surface area contributed by atoms with Gasteiger partial charge in [0.15, 0.2) is 11.5 Å². The van der Waals surface area contributed by atoms with Gasteiger partial charge in [-0.25, -0.2) is 4.98 Å². The van der Waals surface area contributed by atoms with Crippen LogP contribution >= 0.6 is 11.3 Å². The van der Waals surface area contributed by atoms with E-state index in [2.05, 4.69) is 40.4 Å². The number of nitrogens with zero attached hydrogens (tertiary/aromatic N) is 2. The van der Waals surface area contributed by atoms with Crippen molar-refractivity contribution in [1.29, 1.82) is 0 Å². The van der Waals surface area contributed by atoms with Gasteiger partial charge in [-0.3, -0.25) is 4.79 Å². The second-order valence-corrected chi connectivity index (χ2v) is 9.49. The Morgan fingerprint density at radius 2 is 1.83 bits per heavy atom. The Labute approximate surface area is 216 Å². The van der Waals surface area contributed by atoms with E-state index in [9.17, 15) is 4.79 Å². The smallest absolute Gasteiger partial charge is 0.253 e. The van der Waals surface area contributed by atoms with Crippen LogP contribution in [0.3, 0.4) is 0 Å². The number of aryl methyl sites for hydroxylation is 1. The Morgan fingerprint density at radius 3 is 2.56 bits per heavy atom. The molecular formula is C29H33N3O3S. The van der Waals surface area contributed by atoms with Gasteiger partial charge in [0.1, 0.15) is 5.01 Å². The number of ether oxygens (including phenoxy) is 2. The number of thiazole rings is 1. The number of carbonyl (C=O) groups is 1. The summed E-state index contributed by atoms with van der Waals surface area (Å²) >= 11 is 1.61. The molecule has 2 aromatic heterocycles. The van der Waals surface area contributed by atoms with E-state index in [1.54, 1.807) is 25.6 Å². The lowest BCUT2D eigenvalue weighted by atomic mass is 10.1. The summed E-state index contributed by atoms with van der Waals surface area (Å²) in [6, 6.07) is 18.1.